The zero-order valence-corrected chi connectivity index (χ0v) is 9.28. The Hall–Kier alpha value is -1.85. The van der Waals surface area contributed by atoms with Crippen molar-refractivity contribution in [2.45, 2.75) is 6.42 Å². The van der Waals surface area contributed by atoms with Crippen LogP contribution in [0, 0.1) is 11.3 Å². The van der Waals surface area contributed by atoms with Crippen molar-refractivity contribution in [1.82, 2.24) is 4.98 Å². The first kappa shape index (κ1) is 10.7. The number of nitrogens with zero attached hydrogens (tertiary/aromatic N) is 2. The summed E-state index contributed by atoms with van der Waals surface area (Å²) in [6, 6.07) is 13.8. The Balaban J connectivity index is 2.55. The summed E-state index contributed by atoms with van der Waals surface area (Å²) in [4.78, 5) is 4.00. The molecule has 0 saturated carbocycles. The number of hydrogen-bond acceptors (Lipinski definition) is 2. The first-order valence-corrected chi connectivity index (χ1v) is 5.26. The second-order valence-electron chi connectivity index (χ2n) is 3.37. The maximum atomic E-state index is 8.75. The lowest BCUT2D eigenvalue weighted by Crippen LogP contribution is -1.90. The minimum Gasteiger partial charge on any atom is -0.244 e. The molecule has 3 heteroatoms. The molecule has 0 saturated heterocycles. The van der Waals surface area contributed by atoms with Crippen LogP contribution in [0.3, 0.4) is 0 Å². The SMILES string of the molecule is N#CCc1cnc(Cl)cc1-c1ccccc1. The molecule has 0 amide bonds. The van der Waals surface area contributed by atoms with Crippen molar-refractivity contribution in [3.63, 3.8) is 0 Å². The molecular weight excluding hydrogens is 220 g/mol. The third-order valence-corrected chi connectivity index (χ3v) is 2.51. The Bertz CT molecular complexity index is 529. The van der Waals surface area contributed by atoms with Gasteiger partial charge >= 0.3 is 0 Å². The molecule has 0 aliphatic heterocycles. The quantitative estimate of drug-likeness (QED) is 0.738. The maximum absolute atomic E-state index is 8.75. The summed E-state index contributed by atoms with van der Waals surface area (Å²) in [5, 5.41) is 9.19. The molecular formula is C13H9ClN2. The number of nitriles is 1. The highest BCUT2D eigenvalue weighted by Gasteiger charge is 2.06. The van der Waals surface area contributed by atoms with Gasteiger partial charge in [-0.2, -0.15) is 5.26 Å². The van der Waals surface area contributed by atoms with Crippen LogP contribution in [0.4, 0.5) is 0 Å². The Morgan fingerprint density at radius 2 is 2.00 bits per heavy atom. The molecule has 0 atom stereocenters. The van der Waals surface area contributed by atoms with Gasteiger partial charge in [-0.15, -0.1) is 0 Å². The summed E-state index contributed by atoms with van der Waals surface area (Å²) < 4.78 is 0. The van der Waals surface area contributed by atoms with Crippen LogP contribution in [0.2, 0.25) is 5.15 Å². The molecule has 0 radical (unpaired) electrons. The van der Waals surface area contributed by atoms with Gasteiger partial charge in [0, 0.05) is 6.20 Å². The normalized spacial score (nSPS) is 9.75. The zero-order valence-electron chi connectivity index (χ0n) is 8.52. The number of rotatable bonds is 2. The number of halogens is 1. The molecule has 0 unspecified atom stereocenters. The van der Waals surface area contributed by atoms with E-state index in [1.54, 1.807) is 12.3 Å². The van der Waals surface area contributed by atoms with Crippen LogP contribution in [0.15, 0.2) is 42.6 Å². The Kier molecular flexibility index (Phi) is 3.19. The zero-order chi connectivity index (χ0) is 11.4. The van der Waals surface area contributed by atoms with E-state index in [1.165, 1.54) is 0 Å². The van der Waals surface area contributed by atoms with Crippen molar-refractivity contribution >= 4 is 11.6 Å². The third kappa shape index (κ3) is 2.21. The molecule has 1 heterocycles. The molecule has 2 aromatic rings. The molecule has 0 spiro atoms. The standard InChI is InChI=1S/C13H9ClN2/c14-13-8-12(10-4-2-1-3-5-10)11(6-7-15)9-16-13/h1-5,8-9H,6H2. The van der Waals surface area contributed by atoms with Crippen LogP contribution < -0.4 is 0 Å². The van der Waals surface area contributed by atoms with Crippen LogP contribution in [-0.4, -0.2) is 4.98 Å². The van der Waals surface area contributed by atoms with Gasteiger partial charge in [-0.1, -0.05) is 41.9 Å². The fourth-order valence-electron chi connectivity index (χ4n) is 1.57. The first-order valence-electron chi connectivity index (χ1n) is 4.88. The lowest BCUT2D eigenvalue weighted by atomic mass is 10.0. The predicted octanol–water partition coefficient (Wildman–Crippen LogP) is 3.47. The van der Waals surface area contributed by atoms with Gasteiger partial charge in [0.05, 0.1) is 12.5 Å². The van der Waals surface area contributed by atoms with Crippen LogP contribution in [-0.2, 0) is 6.42 Å². The van der Waals surface area contributed by atoms with E-state index < -0.39 is 0 Å². The van der Waals surface area contributed by atoms with Crippen molar-refractivity contribution < 1.29 is 0 Å². The number of benzene rings is 1. The lowest BCUT2D eigenvalue weighted by Gasteiger charge is -2.06. The van der Waals surface area contributed by atoms with Crippen LogP contribution in [0.25, 0.3) is 11.1 Å². The van der Waals surface area contributed by atoms with E-state index in [0.29, 0.717) is 11.6 Å². The van der Waals surface area contributed by atoms with Gasteiger partial charge in [-0.25, -0.2) is 4.98 Å². The van der Waals surface area contributed by atoms with Gasteiger partial charge < -0.3 is 0 Å². The molecule has 2 rings (SSSR count). The highest BCUT2D eigenvalue weighted by Crippen LogP contribution is 2.25. The minimum atomic E-state index is 0.342. The largest absolute Gasteiger partial charge is 0.244 e. The second kappa shape index (κ2) is 4.78. The van der Waals surface area contributed by atoms with Crippen molar-refractivity contribution in [2.75, 3.05) is 0 Å². The van der Waals surface area contributed by atoms with E-state index in [0.717, 1.165) is 16.7 Å². The Morgan fingerprint density at radius 1 is 1.25 bits per heavy atom. The summed E-state index contributed by atoms with van der Waals surface area (Å²) in [6.45, 7) is 0. The number of hydrogen-bond donors (Lipinski definition) is 0. The van der Waals surface area contributed by atoms with E-state index in [9.17, 15) is 0 Å². The minimum absolute atomic E-state index is 0.342. The summed E-state index contributed by atoms with van der Waals surface area (Å²) >= 11 is 5.87. The molecule has 1 aromatic heterocycles. The van der Waals surface area contributed by atoms with Gasteiger partial charge in [0.1, 0.15) is 5.15 Å². The third-order valence-electron chi connectivity index (χ3n) is 2.31. The molecule has 0 bridgehead atoms. The average Bonchev–Trinajstić information content (AvgIpc) is 2.33. The van der Waals surface area contributed by atoms with E-state index >= 15 is 0 Å². The molecule has 1 aromatic carbocycles. The molecule has 2 nitrogen and oxygen atoms in total. The molecule has 16 heavy (non-hydrogen) atoms. The predicted molar refractivity (Wildman–Crippen MR) is 64.0 cm³/mol. The molecule has 0 aliphatic rings. The molecule has 0 aliphatic carbocycles. The van der Waals surface area contributed by atoms with E-state index in [2.05, 4.69) is 11.1 Å². The maximum Gasteiger partial charge on any atom is 0.129 e. The summed E-state index contributed by atoms with van der Waals surface area (Å²) in [5.41, 5.74) is 2.93. The smallest absolute Gasteiger partial charge is 0.129 e. The first-order chi connectivity index (χ1) is 7.81. The fourth-order valence-corrected chi connectivity index (χ4v) is 1.73. The summed E-state index contributed by atoms with van der Waals surface area (Å²) in [6.07, 6.45) is 2.00. The van der Waals surface area contributed by atoms with Gasteiger partial charge in [-0.05, 0) is 22.8 Å². The average molecular weight is 229 g/mol. The number of pyridine rings is 1. The monoisotopic (exact) mass is 228 g/mol. The Labute approximate surface area is 99.1 Å². The van der Waals surface area contributed by atoms with Crippen molar-refractivity contribution in [1.29, 1.82) is 5.26 Å². The van der Waals surface area contributed by atoms with Crippen LogP contribution >= 0.6 is 11.6 Å². The van der Waals surface area contributed by atoms with Gasteiger partial charge in [0.2, 0.25) is 0 Å². The highest BCUT2D eigenvalue weighted by molar-refractivity contribution is 6.29. The lowest BCUT2D eigenvalue weighted by molar-refractivity contribution is 1.19. The van der Waals surface area contributed by atoms with Crippen LogP contribution in [0.1, 0.15) is 5.56 Å². The molecule has 78 valence electrons. The molecule has 0 N–H and O–H groups in total. The van der Waals surface area contributed by atoms with Crippen molar-refractivity contribution in [3.8, 4) is 17.2 Å². The topological polar surface area (TPSA) is 36.7 Å². The summed E-state index contributed by atoms with van der Waals surface area (Å²) in [7, 11) is 0. The van der Waals surface area contributed by atoms with E-state index in [1.807, 2.05) is 30.3 Å². The van der Waals surface area contributed by atoms with E-state index in [4.69, 9.17) is 16.9 Å². The van der Waals surface area contributed by atoms with Crippen molar-refractivity contribution in [2.24, 2.45) is 0 Å². The Morgan fingerprint density at radius 3 is 2.69 bits per heavy atom. The second-order valence-corrected chi connectivity index (χ2v) is 3.75. The summed E-state index contributed by atoms with van der Waals surface area (Å²) in [5.74, 6) is 0. The fraction of sp³-hybridized carbons (Fsp3) is 0.0769. The van der Waals surface area contributed by atoms with Gasteiger partial charge in [0.25, 0.3) is 0 Å². The van der Waals surface area contributed by atoms with Gasteiger partial charge in [0.15, 0.2) is 0 Å². The van der Waals surface area contributed by atoms with Crippen LogP contribution in [0.5, 0.6) is 0 Å². The highest BCUT2D eigenvalue weighted by atomic mass is 35.5. The van der Waals surface area contributed by atoms with Gasteiger partial charge in [-0.3, -0.25) is 0 Å². The number of aromatic nitrogens is 1. The van der Waals surface area contributed by atoms with Crippen molar-refractivity contribution in [3.05, 3.63) is 53.3 Å². The van der Waals surface area contributed by atoms with E-state index in [-0.39, 0.29) is 0 Å². The molecule has 0 fully saturated rings.